The van der Waals surface area contributed by atoms with Gasteiger partial charge in [0.1, 0.15) is 0 Å². The van der Waals surface area contributed by atoms with E-state index in [0.29, 0.717) is 44.0 Å². The Labute approximate surface area is 188 Å². The highest BCUT2D eigenvalue weighted by atomic mass is 32.2. The summed E-state index contributed by atoms with van der Waals surface area (Å²) in [5.74, 6) is -0.0952. The number of rotatable bonds is 6. The molecule has 1 aliphatic rings. The van der Waals surface area contributed by atoms with E-state index in [1.54, 1.807) is 23.1 Å². The minimum Gasteiger partial charge on any atom is -0.449 e. The first-order valence-corrected chi connectivity index (χ1v) is 11.9. The van der Waals surface area contributed by atoms with Crippen LogP contribution in [0.3, 0.4) is 0 Å². The van der Waals surface area contributed by atoms with Crippen molar-refractivity contribution in [3.63, 3.8) is 0 Å². The molecule has 3 N–H and O–H groups in total. The highest BCUT2D eigenvalue weighted by Crippen LogP contribution is 2.24. The van der Waals surface area contributed by atoms with Crippen LogP contribution in [0.4, 0.5) is 16.2 Å². The molecule has 2 amide bonds. The van der Waals surface area contributed by atoms with Gasteiger partial charge in [0.2, 0.25) is 10.0 Å². The van der Waals surface area contributed by atoms with Gasteiger partial charge in [-0.3, -0.25) is 4.79 Å². The molecule has 2 aromatic rings. The maximum Gasteiger partial charge on any atom is 0.409 e. The lowest BCUT2D eigenvalue weighted by Crippen LogP contribution is -2.49. The van der Waals surface area contributed by atoms with E-state index in [9.17, 15) is 18.0 Å². The van der Waals surface area contributed by atoms with Crippen LogP contribution in [0.2, 0.25) is 0 Å². The molecule has 9 nitrogen and oxygen atoms in total. The van der Waals surface area contributed by atoms with Gasteiger partial charge in [0.15, 0.2) is 0 Å². The predicted octanol–water partition coefficient (Wildman–Crippen LogP) is 2.50. The second-order valence-corrected chi connectivity index (χ2v) is 9.55. The third-order valence-electron chi connectivity index (χ3n) is 4.99. The number of amides is 2. The number of primary sulfonamides is 1. The van der Waals surface area contributed by atoms with Crippen LogP contribution in [0.5, 0.6) is 0 Å². The molecule has 0 saturated carbocycles. The Kier molecular flexibility index (Phi) is 7.37. The lowest BCUT2D eigenvalue weighted by molar-refractivity contribution is 0.0900. The molecule has 0 radical (unpaired) electrons. The molecule has 0 spiro atoms. The molecule has 3 rings (SSSR count). The van der Waals surface area contributed by atoms with Crippen LogP contribution < -0.4 is 15.4 Å². The normalized spacial score (nSPS) is 14.4. The van der Waals surface area contributed by atoms with Gasteiger partial charge in [0.25, 0.3) is 5.91 Å². The van der Waals surface area contributed by atoms with Crippen LogP contribution in [-0.4, -0.2) is 58.1 Å². The molecule has 10 heteroatoms. The average Bonchev–Trinajstić information content (AvgIpc) is 2.77. The molecule has 1 saturated heterocycles. The van der Waals surface area contributed by atoms with E-state index in [0.717, 1.165) is 5.69 Å². The van der Waals surface area contributed by atoms with Gasteiger partial charge in [0.05, 0.1) is 17.1 Å². The highest BCUT2D eigenvalue weighted by molar-refractivity contribution is 7.89. The molecule has 2 aromatic carbocycles. The SMILES string of the molecule is CC(C)COC(=O)N1CCN(c2ccccc2C(=O)Nc2cccc(S(N)(=O)=O)c2)CC1. The van der Waals surface area contributed by atoms with E-state index in [-0.39, 0.29) is 22.8 Å². The van der Waals surface area contributed by atoms with Crippen LogP contribution in [0, 0.1) is 5.92 Å². The van der Waals surface area contributed by atoms with Crippen molar-refractivity contribution in [1.82, 2.24) is 4.90 Å². The van der Waals surface area contributed by atoms with E-state index >= 15 is 0 Å². The smallest absolute Gasteiger partial charge is 0.409 e. The van der Waals surface area contributed by atoms with E-state index in [1.165, 1.54) is 18.2 Å². The van der Waals surface area contributed by atoms with E-state index in [1.807, 2.05) is 30.9 Å². The van der Waals surface area contributed by atoms with Crippen molar-refractivity contribution in [3.05, 3.63) is 54.1 Å². The molecule has 0 aliphatic carbocycles. The summed E-state index contributed by atoms with van der Waals surface area (Å²) in [6, 6.07) is 13.0. The molecule has 172 valence electrons. The van der Waals surface area contributed by atoms with Gasteiger partial charge < -0.3 is 19.9 Å². The highest BCUT2D eigenvalue weighted by Gasteiger charge is 2.25. The standard InChI is InChI=1S/C22H28N4O5S/c1-16(2)15-31-22(28)26-12-10-25(11-13-26)20-9-4-3-8-19(20)21(27)24-17-6-5-7-18(14-17)32(23,29)30/h3-9,14,16H,10-13,15H2,1-2H3,(H,24,27)(H2,23,29,30). The van der Waals surface area contributed by atoms with Gasteiger partial charge in [-0.1, -0.05) is 32.0 Å². The Balaban J connectivity index is 1.69. The number of hydrogen-bond acceptors (Lipinski definition) is 6. The second-order valence-electron chi connectivity index (χ2n) is 7.99. The summed E-state index contributed by atoms with van der Waals surface area (Å²) >= 11 is 0. The van der Waals surface area contributed by atoms with Crippen molar-refractivity contribution in [1.29, 1.82) is 0 Å². The first-order valence-electron chi connectivity index (χ1n) is 10.3. The Hall–Kier alpha value is -3.11. The maximum atomic E-state index is 13.0. The number of nitrogens with two attached hydrogens (primary N) is 1. The first kappa shape index (κ1) is 23.6. The Bertz CT molecular complexity index is 1080. The number of benzene rings is 2. The van der Waals surface area contributed by atoms with Gasteiger partial charge in [-0.25, -0.2) is 18.4 Å². The molecule has 1 heterocycles. The van der Waals surface area contributed by atoms with Crippen molar-refractivity contribution in [2.75, 3.05) is 43.0 Å². The van der Waals surface area contributed by atoms with Crippen molar-refractivity contribution >= 4 is 33.4 Å². The molecule has 0 aromatic heterocycles. The van der Waals surface area contributed by atoms with Gasteiger partial charge in [-0.2, -0.15) is 0 Å². The van der Waals surface area contributed by atoms with E-state index < -0.39 is 10.0 Å². The van der Waals surface area contributed by atoms with Gasteiger partial charge in [-0.15, -0.1) is 0 Å². The Morgan fingerprint density at radius 1 is 1.06 bits per heavy atom. The molecule has 0 atom stereocenters. The zero-order chi connectivity index (χ0) is 23.3. The maximum absolute atomic E-state index is 13.0. The van der Waals surface area contributed by atoms with Crippen LogP contribution >= 0.6 is 0 Å². The Morgan fingerprint density at radius 3 is 2.41 bits per heavy atom. The number of nitrogens with one attached hydrogen (secondary N) is 1. The number of sulfonamides is 1. The summed E-state index contributed by atoms with van der Waals surface area (Å²) in [5.41, 5.74) is 1.51. The van der Waals surface area contributed by atoms with E-state index in [4.69, 9.17) is 9.88 Å². The van der Waals surface area contributed by atoms with Crippen molar-refractivity contribution in [2.45, 2.75) is 18.7 Å². The van der Waals surface area contributed by atoms with Crippen LogP contribution in [0.15, 0.2) is 53.4 Å². The van der Waals surface area contributed by atoms with Crippen LogP contribution in [0.25, 0.3) is 0 Å². The lowest BCUT2D eigenvalue weighted by Gasteiger charge is -2.36. The fraction of sp³-hybridized carbons (Fsp3) is 0.364. The summed E-state index contributed by atoms with van der Waals surface area (Å²) in [7, 11) is -3.87. The number of piperazine rings is 1. The van der Waals surface area contributed by atoms with Crippen molar-refractivity contribution in [2.24, 2.45) is 11.1 Å². The summed E-state index contributed by atoms with van der Waals surface area (Å²) in [4.78, 5) is 28.8. The Morgan fingerprint density at radius 2 is 1.75 bits per heavy atom. The number of carbonyl (C=O) groups is 2. The third-order valence-corrected chi connectivity index (χ3v) is 5.90. The quantitative estimate of drug-likeness (QED) is 0.683. The van der Waals surface area contributed by atoms with E-state index in [2.05, 4.69) is 5.32 Å². The predicted molar refractivity (Wildman–Crippen MR) is 122 cm³/mol. The van der Waals surface area contributed by atoms with Gasteiger partial charge >= 0.3 is 6.09 Å². The first-order chi connectivity index (χ1) is 15.1. The summed E-state index contributed by atoms with van der Waals surface area (Å²) in [6.07, 6.45) is -0.320. The van der Waals surface area contributed by atoms with Gasteiger partial charge in [0, 0.05) is 37.6 Å². The largest absolute Gasteiger partial charge is 0.449 e. The number of hydrogen-bond donors (Lipinski definition) is 2. The zero-order valence-corrected chi connectivity index (χ0v) is 19.0. The van der Waals surface area contributed by atoms with Crippen molar-refractivity contribution < 1.29 is 22.7 Å². The summed E-state index contributed by atoms with van der Waals surface area (Å²) in [6.45, 7) is 6.45. The van der Waals surface area contributed by atoms with Crippen LogP contribution in [-0.2, 0) is 14.8 Å². The zero-order valence-electron chi connectivity index (χ0n) is 18.2. The molecule has 1 aliphatic heterocycles. The molecular weight excluding hydrogens is 432 g/mol. The van der Waals surface area contributed by atoms with Crippen LogP contribution in [0.1, 0.15) is 24.2 Å². The summed E-state index contributed by atoms with van der Waals surface area (Å²) < 4.78 is 28.4. The monoisotopic (exact) mass is 460 g/mol. The fourth-order valence-corrected chi connectivity index (χ4v) is 3.91. The molecule has 32 heavy (non-hydrogen) atoms. The number of ether oxygens (including phenoxy) is 1. The summed E-state index contributed by atoms with van der Waals surface area (Å²) in [5, 5.41) is 7.91. The number of anilines is 2. The minimum absolute atomic E-state index is 0.0796. The van der Waals surface area contributed by atoms with Crippen molar-refractivity contribution in [3.8, 4) is 0 Å². The number of carbonyl (C=O) groups excluding carboxylic acids is 2. The molecule has 0 bridgehead atoms. The van der Waals surface area contributed by atoms with Gasteiger partial charge in [-0.05, 0) is 36.2 Å². The average molecular weight is 461 g/mol. The lowest BCUT2D eigenvalue weighted by atomic mass is 10.1. The molecule has 1 fully saturated rings. The topological polar surface area (TPSA) is 122 Å². The second kappa shape index (κ2) is 10.0. The minimum atomic E-state index is -3.87. The number of para-hydroxylation sites is 1. The molecule has 0 unspecified atom stereocenters. The molecular formula is C22H28N4O5S. The number of nitrogens with zero attached hydrogens (tertiary/aromatic N) is 2. The third kappa shape index (κ3) is 5.98. The fourth-order valence-electron chi connectivity index (χ4n) is 3.35.